The molecule has 2 heterocycles. The fraction of sp³-hybridized carbons (Fsp3) is 0.600. The molecule has 1 aromatic heterocycles. The quantitative estimate of drug-likeness (QED) is 0.770. The standard InChI is InChI=1S/C15H20FN3O3/c1-22-9-6-19(7-9)8-15(21)5-4-11(14(17)20)10-2-3-12(16)18-13(10)15/h2-3,9,11,21H,4-8H2,1H3,(H2,17,20). The zero-order valence-corrected chi connectivity index (χ0v) is 12.5. The summed E-state index contributed by atoms with van der Waals surface area (Å²) in [6.07, 6.45) is 0.942. The van der Waals surface area contributed by atoms with Crippen molar-refractivity contribution in [3.63, 3.8) is 0 Å². The number of hydrogen-bond donors (Lipinski definition) is 2. The van der Waals surface area contributed by atoms with Gasteiger partial charge in [-0.2, -0.15) is 4.39 Å². The van der Waals surface area contributed by atoms with Gasteiger partial charge in [-0.25, -0.2) is 4.98 Å². The first-order valence-electron chi connectivity index (χ1n) is 7.37. The van der Waals surface area contributed by atoms with Crippen molar-refractivity contribution in [2.45, 2.75) is 30.5 Å². The minimum Gasteiger partial charge on any atom is -0.382 e. The van der Waals surface area contributed by atoms with Gasteiger partial charge in [-0.3, -0.25) is 9.69 Å². The van der Waals surface area contributed by atoms with E-state index in [9.17, 15) is 14.3 Å². The first-order valence-corrected chi connectivity index (χ1v) is 7.37. The molecule has 1 fully saturated rings. The Kier molecular flexibility index (Phi) is 3.88. The SMILES string of the molecule is COC1CN(CC2(O)CCC(C(N)=O)c3ccc(F)nc32)C1. The fourth-order valence-corrected chi connectivity index (χ4v) is 3.38. The lowest BCUT2D eigenvalue weighted by Gasteiger charge is -2.45. The topological polar surface area (TPSA) is 88.7 Å². The number of β-amino-alcohol motifs (C(OH)–C–C–N with tert-alkyl or cyclic N) is 1. The second-order valence-electron chi connectivity index (χ2n) is 6.15. The molecular formula is C15H20FN3O3. The molecule has 2 unspecified atom stereocenters. The van der Waals surface area contributed by atoms with Gasteiger partial charge in [-0.05, 0) is 24.5 Å². The van der Waals surface area contributed by atoms with Crippen LogP contribution in [-0.4, -0.2) is 53.7 Å². The van der Waals surface area contributed by atoms with Gasteiger partial charge in [0.15, 0.2) is 0 Å². The molecular weight excluding hydrogens is 289 g/mol. The van der Waals surface area contributed by atoms with Crippen LogP contribution in [0.25, 0.3) is 0 Å². The number of nitrogens with two attached hydrogens (primary N) is 1. The highest BCUT2D eigenvalue weighted by Crippen LogP contribution is 2.41. The highest BCUT2D eigenvalue weighted by atomic mass is 19.1. The average molecular weight is 309 g/mol. The molecule has 120 valence electrons. The van der Waals surface area contributed by atoms with Crippen LogP contribution >= 0.6 is 0 Å². The van der Waals surface area contributed by atoms with Crippen molar-refractivity contribution in [1.82, 2.24) is 9.88 Å². The fourth-order valence-electron chi connectivity index (χ4n) is 3.38. The number of halogens is 1. The molecule has 0 radical (unpaired) electrons. The molecule has 22 heavy (non-hydrogen) atoms. The Balaban J connectivity index is 1.88. The van der Waals surface area contributed by atoms with Gasteiger partial charge in [0.1, 0.15) is 5.60 Å². The Labute approximate surface area is 128 Å². The van der Waals surface area contributed by atoms with Gasteiger partial charge >= 0.3 is 0 Å². The minimum atomic E-state index is -1.26. The van der Waals surface area contributed by atoms with Crippen molar-refractivity contribution in [2.75, 3.05) is 26.7 Å². The number of aromatic nitrogens is 1. The van der Waals surface area contributed by atoms with E-state index in [0.29, 0.717) is 24.9 Å². The summed E-state index contributed by atoms with van der Waals surface area (Å²) in [7, 11) is 1.65. The van der Waals surface area contributed by atoms with Crippen LogP contribution in [0.15, 0.2) is 12.1 Å². The third-order valence-electron chi connectivity index (χ3n) is 4.64. The van der Waals surface area contributed by atoms with E-state index in [2.05, 4.69) is 4.98 Å². The first kappa shape index (κ1) is 15.3. The molecule has 2 aliphatic rings. The zero-order valence-electron chi connectivity index (χ0n) is 12.5. The summed E-state index contributed by atoms with van der Waals surface area (Å²) in [4.78, 5) is 17.5. The lowest BCUT2D eigenvalue weighted by atomic mass is 9.75. The van der Waals surface area contributed by atoms with E-state index in [1.165, 1.54) is 12.1 Å². The number of likely N-dealkylation sites (tertiary alicyclic amines) is 1. The van der Waals surface area contributed by atoms with E-state index in [-0.39, 0.29) is 11.8 Å². The summed E-state index contributed by atoms with van der Waals surface area (Å²) in [6, 6.07) is 2.70. The first-order chi connectivity index (χ1) is 10.4. The number of rotatable bonds is 4. The molecule has 1 aromatic rings. The molecule has 3 rings (SSSR count). The largest absolute Gasteiger partial charge is 0.382 e. The molecule has 0 saturated carbocycles. The number of primary amides is 1. The third-order valence-corrected chi connectivity index (χ3v) is 4.64. The Morgan fingerprint density at radius 1 is 1.59 bits per heavy atom. The summed E-state index contributed by atoms with van der Waals surface area (Å²) in [5, 5.41) is 11.0. The predicted octanol–water partition coefficient (Wildman–Crippen LogP) is 0.102. The summed E-state index contributed by atoms with van der Waals surface area (Å²) in [6.45, 7) is 1.80. The summed E-state index contributed by atoms with van der Waals surface area (Å²) in [5.41, 5.74) is 4.93. The predicted molar refractivity (Wildman–Crippen MR) is 76.5 cm³/mol. The maximum absolute atomic E-state index is 13.5. The van der Waals surface area contributed by atoms with Crippen molar-refractivity contribution >= 4 is 5.91 Å². The number of aliphatic hydroxyl groups is 1. The van der Waals surface area contributed by atoms with Crippen LogP contribution < -0.4 is 5.73 Å². The van der Waals surface area contributed by atoms with Crippen molar-refractivity contribution in [3.05, 3.63) is 29.3 Å². The lowest BCUT2D eigenvalue weighted by molar-refractivity contribution is -0.121. The summed E-state index contributed by atoms with van der Waals surface area (Å²) < 4.78 is 18.8. The number of nitrogens with zero attached hydrogens (tertiary/aromatic N) is 2. The lowest BCUT2D eigenvalue weighted by Crippen LogP contribution is -2.57. The number of amides is 1. The maximum Gasteiger partial charge on any atom is 0.225 e. The van der Waals surface area contributed by atoms with Crippen LogP contribution in [0.2, 0.25) is 0 Å². The monoisotopic (exact) mass is 309 g/mol. The van der Waals surface area contributed by atoms with Crippen molar-refractivity contribution in [1.29, 1.82) is 0 Å². The smallest absolute Gasteiger partial charge is 0.225 e. The van der Waals surface area contributed by atoms with Crippen molar-refractivity contribution in [3.8, 4) is 0 Å². The van der Waals surface area contributed by atoms with Gasteiger partial charge in [0, 0.05) is 26.7 Å². The second-order valence-corrected chi connectivity index (χ2v) is 6.15. The summed E-state index contributed by atoms with van der Waals surface area (Å²) in [5.74, 6) is -1.66. The van der Waals surface area contributed by atoms with Gasteiger partial charge in [-0.1, -0.05) is 6.07 Å². The second kappa shape index (κ2) is 5.57. The zero-order chi connectivity index (χ0) is 15.9. The molecule has 1 saturated heterocycles. The van der Waals surface area contributed by atoms with Crippen LogP contribution in [0.5, 0.6) is 0 Å². The normalized spacial score (nSPS) is 29.0. The Morgan fingerprint density at radius 2 is 2.32 bits per heavy atom. The number of carbonyl (C=O) groups is 1. The van der Waals surface area contributed by atoms with Crippen LogP contribution in [0.3, 0.4) is 0 Å². The number of pyridine rings is 1. The molecule has 1 aliphatic carbocycles. The Hall–Kier alpha value is -1.57. The van der Waals surface area contributed by atoms with E-state index in [1.807, 2.05) is 4.90 Å². The third kappa shape index (κ3) is 2.60. The van der Waals surface area contributed by atoms with Crippen molar-refractivity contribution < 1.29 is 19.0 Å². The Morgan fingerprint density at radius 3 is 2.95 bits per heavy atom. The van der Waals surface area contributed by atoms with E-state index in [4.69, 9.17) is 10.5 Å². The molecule has 7 heteroatoms. The van der Waals surface area contributed by atoms with Crippen molar-refractivity contribution in [2.24, 2.45) is 5.73 Å². The van der Waals surface area contributed by atoms with E-state index < -0.39 is 23.4 Å². The van der Waals surface area contributed by atoms with Crippen LogP contribution in [0, 0.1) is 5.95 Å². The van der Waals surface area contributed by atoms with Crippen LogP contribution in [0.1, 0.15) is 30.0 Å². The van der Waals surface area contributed by atoms with E-state index >= 15 is 0 Å². The molecule has 2 atom stereocenters. The Bertz CT molecular complexity index is 591. The molecule has 3 N–H and O–H groups in total. The molecule has 1 aliphatic heterocycles. The number of carbonyl (C=O) groups excluding carboxylic acids is 1. The highest BCUT2D eigenvalue weighted by molar-refractivity contribution is 5.82. The van der Waals surface area contributed by atoms with Gasteiger partial charge in [0.2, 0.25) is 11.9 Å². The highest BCUT2D eigenvalue weighted by Gasteiger charge is 2.44. The molecule has 6 nitrogen and oxygen atoms in total. The molecule has 1 amide bonds. The van der Waals surface area contributed by atoms with Gasteiger partial charge < -0.3 is 15.6 Å². The van der Waals surface area contributed by atoms with Gasteiger partial charge in [0.25, 0.3) is 0 Å². The number of methoxy groups -OCH3 is 1. The summed E-state index contributed by atoms with van der Waals surface area (Å²) >= 11 is 0. The number of fused-ring (bicyclic) bond motifs is 1. The van der Waals surface area contributed by atoms with Gasteiger partial charge in [0.05, 0.1) is 17.7 Å². The molecule has 0 bridgehead atoms. The number of hydrogen-bond acceptors (Lipinski definition) is 5. The average Bonchev–Trinajstić information content (AvgIpc) is 2.43. The van der Waals surface area contributed by atoms with E-state index in [1.54, 1.807) is 7.11 Å². The van der Waals surface area contributed by atoms with Crippen LogP contribution in [-0.2, 0) is 15.1 Å². The minimum absolute atomic E-state index is 0.172. The maximum atomic E-state index is 13.5. The van der Waals surface area contributed by atoms with Gasteiger partial charge in [-0.15, -0.1) is 0 Å². The van der Waals surface area contributed by atoms with Crippen LogP contribution in [0.4, 0.5) is 4.39 Å². The van der Waals surface area contributed by atoms with E-state index in [0.717, 1.165) is 13.1 Å². The molecule has 0 aromatic carbocycles. The number of ether oxygens (including phenoxy) is 1. The molecule has 0 spiro atoms.